The maximum atomic E-state index is 11.5. The molecule has 3 heterocycles. The Morgan fingerprint density at radius 2 is 2.06 bits per heavy atom. The molecule has 3 aromatic rings. The number of hydrogen-bond donors (Lipinski definition) is 4. The molecule has 5 N–H and O–H groups in total. The highest BCUT2D eigenvalue weighted by Crippen LogP contribution is 2.18. The molecular weight excluding hydrogens is 238 g/mol. The zero-order chi connectivity index (χ0) is 12.9. The summed E-state index contributed by atoms with van der Waals surface area (Å²) in [4.78, 5) is 34.2. The number of aromatic nitrogens is 6. The molecule has 3 rings (SSSR count). The van der Waals surface area contributed by atoms with Gasteiger partial charge in [-0.25, -0.2) is 9.78 Å². The van der Waals surface area contributed by atoms with Crippen molar-refractivity contribution in [3.05, 3.63) is 26.9 Å². The second-order valence-corrected chi connectivity index (χ2v) is 3.80. The second-order valence-electron chi connectivity index (χ2n) is 3.80. The molecule has 0 unspecified atom stereocenters. The van der Waals surface area contributed by atoms with Gasteiger partial charge in [0.25, 0.3) is 5.56 Å². The van der Waals surface area contributed by atoms with Crippen LogP contribution in [0.4, 0.5) is 5.82 Å². The Morgan fingerprint density at radius 3 is 2.72 bits per heavy atom. The summed E-state index contributed by atoms with van der Waals surface area (Å²) >= 11 is 0. The number of imidazole rings is 1. The number of fused-ring (bicyclic) bond motifs is 1. The molecule has 92 valence electrons. The summed E-state index contributed by atoms with van der Waals surface area (Å²) in [7, 11) is 1.70. The first-order valence-corrected chi connectivity index (χ1v) is 5.07. The molecule has 9 heteroatoms. The normalized spacial score (nSPS) is 11.2. The lowest BCUT2D eigenvalue weighted by Gasteiger charge is -1.94. The third kappa shape index (κ3) is 1.41. The van der Waals surface area contributed by atoms with E-state index in [0.29, 0.717) is 17.3 Å². The average Bonchev–Trinajstić information content (AvgIpc) is 2.81. The quantitative estimate of drug-likeness (QED) is 0.433. The van der Waals surface area contributed by atoms with E-state index in [1.54, 1.807) is 13.1 Å². The van der Waals surface area contributed by atoms with Crippen molar-refractivity contribution in [1.82, 2.24) is 29.7 Å². The number of anilines is 1. The Balaban J connectivity index is 2.32. The van der Waals surface area contributed by atoms with Gasteiger partial charge in [-0.1, -0.05) is 0 Å². The Bertz CT molecular complexity index is 850. The SMILES string of the molecule is Cn1nc(N)cc1-c1nc2[nH]c(=O)[nH]c(=O)c2[nH]1. The molecule has 0 fully saturated rings. The minimum absolute atomic E-state index is 0.193. The summed E-state index contributed by atoms with van der Waals surface area (Å²) in [5, 5.41) is 3.97. The Kier molecular flexibility index (Phi) is 1.91. The van der Waals surface area contributed by atoms with E-state index in [1.807, 2.05) is 0 Å². The molecule has 3 aromatic heterocycles. The van der Waals surface area contributed by atoms with Gasteiger partial charge in [-0.2, -0.15) is 5.10 Å². The van der Waals surface area contributed by atoms with Crippen molar-refractivity contribution >= 4 is 17.0 Å². The fourth-order valence-corrected chi connectivity index (χ4v) is 1.76. The predicted octanol–water partition coefficient (Wildman–Crippen LogP) is -1.08. The van der Waals surface area contributed by atoms with Gasteiger partial charge in [-0.15, -0.1) is 0 Å². The lowest BCUT2D eigenvalue weighted by atomic mass is 10.4. The van der Waals surface area contributed by atoms with Gasteiger partial charge in [-0.05, 0) is 0 Å². The van der Waals surface area contributed by atoms with Crippen LogP contribution < -0.4 is 17.0 Å². The minimum Gasteiger partial charge on any atom is -0.382 e. The molecular formula is C9H9N7O2. The fraction of sp³-hybridized carbons (Fsp3) is 0.111. The molecule has 0 bridgehead atoms. The highest BCUT2D eigenvalue weighted by atomic mass is 16.2. The van der Waals surface area contributed by atoms with Gasteiger partial charge in [0.2, 0.25) is 0 Å². The van der Waals surface area contributed by atoms with Crippen molar-refractivity contribution in [2.75, 3.05) is 5.73 Å². The van der Waals surface area contributed by atoms with Crippen molar-refractivity contribution in [3.63, 3.8) is 0 Å². The first-order chi connectivity index (χ1) is 8.54. The number of aryl methyl sites for hydroxylation is 1. The van der Waals surface area contributed by atoms with Crippen molar-refractivity contribution < 1.29 is 0 Å². The van der Waals surface area contributed by atoms with Gasteiger partial charge < -0.3 is 10.7 Å². The van der Waals surface area contributed by atoms with Crippen molar-refractivity contribution in [1.29, 1.82) is 0 Å². The van der Waals surface area contributed by atoms with E-state index in [2.05, 4.69) is 25.0 Å². The molecule has 0 aliphatic rings. The highest BCUT2D eigenvalue weighted by molar-refractivity contribution is 5.74. The zero-order valence-corrected chi connectivity index (χ0v) is 9.31. The minimum atomic E-state index is -0.602. The summed E-state index contributed by atoms with van der Waals surface area (Å²) in [5.74, 6) is 0.749. The van der Waals surface area contributed by atoms with Crippen LogP contribution >= 0.6 is 0 Å². The van der Waals surface area contributed by atoms with E-state index in [9.17, 15) is 9.59 Å². The third-order valence-electron chi connectivity index (χ3n) is 2.53. The summed E-state index contributed by atoms with van der Waals surface area (Å²) in [6.07, 6.45) is 0. The first-order valence-electron chi connectivity index (χ1n) is 5.07. The summed E-state index contributed by atoms with van der Waals surface area (Å²) in [6.45, 7) is 0. The molecule has 0 amide bonds. The molecule has 0 aliphatic carbocycles. The molecule has 0 atom stereocenters. The second kappa shape index (κ2) is 3.32. The molecule has 9 nitrogen and oxygen atoms in total. The van der Waals surface area contributed by atoms with Crippen LogP contribution in [0.2, 0.25) is 0 Å². The number of nitrogens with zero attached hydrogens (tertiary/aromatic N) is 3. The maximum absolute atomic E-state index is 11.5. The van der Waals surface area contributed by atoms with Crippen LogP contribution in [0.3, 0.4) is 0 Å². The van der Waals surface area contributed by atoms with E-state index in [1.165, 1.54) is 4.68 Å². The lowest BCUT2D eigenvalue weighted by Crippen LogP contribution is -2.21. The molecule has 18 heavy (non-hydrogen) atoms. The van der Waals surface area contributed by atoms with Gasteiger partial charge >= 0.3 is 5.69 Å². The van der Waals surface area contributed by atoms with E-state index in [-0.39, 0.29) is 11.2 Å². The zero-order valence-electron chi connectivity index (χ0n) is 9.31. The van der Waals surface area contributed by atoms with E-state index < -0.39 is 11.2 Å². The third-order valence-corrected chi connectivity index (χ3v) is 2.53. The Morgan fingerprint density at radius 1 is 1.28 bits per heavy atom. The molecule has 0 aliphatic heterocycles. The number of hydrogen-bond acceptors (Lipinski definition) is 5. The highest BCUT2D eigenvalue weighted by Gasteiger charge is 2.12. The Hall–Kier alpha value is -2.84. The smallest absolute Gasteiger partial charge is 0.327 e. The van der Waals surface area contributed by atoms with E-state index in [4.69, 9.17) is 5.73 Å². The van der Waals surface area contributed by atoms with Gasteiger partial charge in [0.1, 0.15) is 17.0 Å². The van der Waals surface area contributed by atoms with Crippen LogP contribution in [-0.4, -0.2) is 29.7 Å². The first kappa shape index (κ1) is 10.3. The molecule has 0 radical (unpaired) electrons. The average molecular weight is 247 g/mol. The monoisotopic (exact) mass is 247 g/mol. The summed E-state index contributed by atoms with van der Waals surface area (Å²) in [5.41, 5.74) is 5.44. The molecule has 0 spiro atoms. The van der Waals surface area contributed by atoms with Gasteiger partial charge in [-0.3, -0.25) is 19.4 Å². The van der Waals surface area contributed by atoms with Crippen molar-refractivity contribution in [2.24, 2.45) is 7.05 Å². The molecule has 0 saturated heterocycles. The summed E-state index contributed by atoms with van der Waals surface area (Å²) in [6, 6.07) is 1.62. The van der Waals surface area contributed by atoms with Crippen LogP contribution in [0.1, 0.15) is 0 Å². The van der Waals surface area contributed by atoms with Crippen LogP contribution in [0, 0.1) is 0 Å². The van der Waals surface area contributed by atoms with Crippen molar-refractivity contribution in [2.45, 2.75) is 0 Å². The van der Waals surface area contributed by atoms with Crippen LogP contribution in [0.25, 0.3) is 22.7 Å². The van der Waals surface area contributed by atoms with Crippen LogP contribution in [0.5, 0.6) is 0 Å². The number of H-pyrrole nitrogens is 3. The number of nitrogens with two attached hydrogens (primary N) is 1. The largest absolute Gasteiger partial charge is 0.382 e. The number of aromatic amines is 3. The number of nitrogens with one attached hydrogen (secondary N) is 3. The summed E-state index contributed by atoms with van der Waals surface area (Å²) < 4.78 is 1.53. The standard InChI is InChI=1S/C9H9N7O2/c1-16-3(2-4(10)15-16)6-11-5-7(12-6)13-9(18)14-8(5)17/h2H,1H3,(H2,10,15)(H3,11,12,13,14,17,18). The lowest BCUT2D eigenvalue weighted by molar-refractivity contribution is 0.776. The van der Waals surface area contributed by atoms with E-state index >= 15 is 0 Å². The topological polar surface area (TPSA) is 138 Å². The van der Waals surface area contributed by atoms with Gasteiger partial charge in [0.15, 0.2) is 11.5 Å². The molecule has 0 aromatic carbocycles. The van der Waals surface area contributed by atoms with E-state index in [0.717, 1.165) is 0 Å². The van der Waals surface area contributed by atoms with Crippen molar-refractivity contribution in [3.8, 4) is 11.5 Å². The van der Waals surface area contributed by atoms with Crippen LogP contribution in [-0.2, 0) is 7.05 Å². The number of nitrogen functional groups attached to an aromatic ring is 1. The number of rotatable bonds is 1. The van der Waals surface area contributed by atoms with Gasteiger partial charge in [0.05, 0.1) is 0 Å². The maximum Gasteiger partial charge on any atom is 0.327 e. The van der Waals surface area contributed by atoms with Gasteiger partial charge in [0, 0.05) is 13.1 Å². The fourth-order valence-electron chi connectivity index (χ4n) is 1.76. The predicted molar refractivity (Wildman–Crippen MR) is 63.9 cm³/mol. The molecule has 0 saturated carbocycles. The van der Waals surface area contributed by atoms with Crippen LogP contribution in [0.15, 0.2) is 15.7 Å². The Labute approximate surface area is 98.7 Å².